The molecule has 0 aromatic rings. The molecule has 9 nitrogen and oxygen atoms in total. The highest BCUT2D eigenvalue weighted by Gasteiger charge is 2.25. The molecule has 0 spiro atoms. The minimum Gasteiger partial charge on any atom is -0.477 e. The highest BCUT2D eigenvalue weighted by molar-refractivity contribution is 5.71. The van der Waals surface area contributed by atoms with Crippen molar-refractivity contribution >= 4 is 17.9 Å². The summed E-state index contributed by atoms with van der Waals surface area (Å²) in [6.45, 7) is 4.60. The highest BCUT2D eigenvalue weighted by Crippen LogP contribution is 2.16. The number of nitrogens with zero attached hydrogens (tertiary/aromatic N) is 1. The molecule has 0 bridgehead atoms. The number of carbonyl (C=O) groups is 3. The quantitative estimate of drug-likeness (QED) is 0.0211. The molecule has 0 saturated heterocycles. The van der Waals surface area contributed by atoms with E-state index in [1.54, 1.807) is 0 Å². The van der Waals surface area contributed by atoms with Crippen LogP contribution in [-0.4, -0.2) is 87.4 Å². The van der Waals surface area contributed by atoms with Gasteiger partial charge in [-0.3, -0.25) is 9.59 Å². The predicted octanol–water partition coefficient (Wildman–Crippen LogP) is 19.0. The van der Waals surface area contributed by atoms with Crippen molar-refractivity contribution in [2.24, 2.45) is 0 Å². The van der Waals surface area contributed by atoms with Crippen LogP contribution in [0.5, 0.6) is 0 Å². The van der Waals surface area contributed by atoms with Crippen molar-refractivity contribution in [3.8, 4) is 0 Å². The van der Waals surface area contributed by atoms with Crippen LogP contribution in [0.4, 0.5) is 0 Å². The fraction of sp³-hybridized carbons (Fsp3) is 0.643. The Kier molecular flexibility index (Phi) is 56.1. The first-order chi connectivity index (χ1) is 38.6. The van der Waals surface area contributed by atoms with Gasteiger partial charge in [-0.15, -0.1) is 0 Å². The molecule has 9 heteroatoms. The summed E-state index contributed by atoms with van der Waals surface area (Å²) < 4.78 is 22.9. The van der Waals surface area contributed by atoms with Gasteiger partial charge >= 0.3 is 17.9 Å². The number of hydrogen-bond donors (Lipinski definition) is 1. The van der Waals surface area contributed by atoms with Gasteiger partial charge in [0.05, 0.1) is 34.4 Å². The topological polar surface area (TPSA) is 108 Å². The third-order valence-corrected chi connectivity index (χ3v) is 12.9. The van der Waals surface area contributed by atoms with Gasteiger partial charge in [-0.1, -0.05) is 244 Å². The summed E-state index contributed by atoms with van der Waals surface area (Å²) >= 11 is 0. The van der Waals surface area contributed by atoms with Crippen molar-refractivity contribution in [1.29, 1.82) is 0 Å². The second-order valence-electron chi connectivity index (χ2n) is 21.6. The lowest BCUT2D eigenvalue weighted by molar-refractivity contribution is -0.870. The largest absolute Gasteiger partial charge is 0.477 e. The maximum atomic E-state index is 12.9. The first-order valence-corrected chi connectivity index (χ1v) is 31.3. The van der Waals surface area contributed by atoms with Gasteiger partial charge in [-0.05, 0) is 109 Å². The Morgan fingerprint density at radius 1 is 0.380 bits per heavy atom. The summed E-state index contributed by atoms with van der Waals surface area (Å²) in [5.41, 5.74) is 0. The second kappa shape index (κ2) is 59.5. The minimum absolute atomic E-state index is 0.174. The number of allylic oxidation sites excluding steroid dienone is 22. The molecule has 2 atom stereocenters. The van der Waals surface area contributed by atoms with Gasteiger partial charge in [-0.25, -0.2) is 4.79 Å². The highest BCUT2D eigenvalue weighted by atomic mass is 16.7. The molecule has 79 heavy (non-hydrogen) atoms. The lowest BCUT2D eigenvalue weighted by Gasteiger charge is -2.25. The normalized spacial score (nSPS) is 13.7. The van der Waals surface area contributed by atoms with Crippen molar-refractivity contribution in [3.63, 3.8) is 0 Å². The Morgan fingerprint density at radius 3 is 1.03 bits per heavy atom. The molecule has 0 aliphatic rings. The molecule has 0 fully saturated rings. The number of carboxylic acid groups (broad SMARTS) is 1. The number of unbranched alkanes of at least 4 members (excludes halogenated alkanes) is 19. The molecule has 0 aliphatic heterocycles. The summed E-state index contributed by atoms with van der Waals surface area (Å²) in [4.78, 5) is 37.5. The molecule has 448 valence electrons. The molecule has 0 aliphatic carbocycles. The molecule has 2 unspecified atom stereocenters. The van der Waals surface area contributed by atoms with E-state index in [1.807, 2.05) is 21.1 Å². The molecule has 0 radical (unpaired) electrons. The van der Waals surface area contributed by atoms with Gasteiger partial charge in [0.25, 0.3) is 6.29 Å². The number of carboxylic acids is 1. The van der Waals surface area contributed by atoms with E-state index in [4.69, 9.17) is 18.9 Å². The van der Waals surface area contributed by atoms with Crippen molar-refractivity contribution in [2.75, 3.05) is 47.5 Å². The average molecular weight is 1100 g/mol. The van der Waals surface area contributed by atoms with Crippen LogP contribution >= 0.6 is 0 Å². The summed E-state index contributed by atoms with van der Waals surface area (Å²) in [5.74, 6) is -2.06. The maximum absolute atomic E-state index is 12.9. The number of aliphatic carboxylic acids is 1. The van der Waals surface area contributed by atoms with E-state index in [1.165, 1.54) is 89.9 Å². The monoisotopic (exact) mass is 1100 g/mol. The number of quaternary nitrogens is 1. The zero-order valence-corrected chi connectivity index (χ0v) is 51.0. The molecule has 0 saturated carbocycles. The minimum atomic E-state index is -1.53. The van der Waals surface area contributed by atoms with Crippen LogP contribution in [0.25, 0.3) is 0 Å². The van der Waals surface area contributed by atoms with Crippen molar-refractivity contribution < 1.29 is 42.9 Å². The Bertz CT molecular complexity index is 1750. The molecule has 0 rings (SSSR count). The fourth-order valence-electron chi connectivity index (χ4n) is 8.16. The number of hydrogen-bond acceptors (Lipinski definition) is 7. The fourth-order valence-corrected chi connectivity index (χ4v) is 8.16. The summed E-state index contributed by atoms with van der Waals surface area (Å²) in [5, 5.41) is 9.72. The van der Waals surface area contributed by atoms with Gasteiger partial charge in [0.1, 0.15) is 13.2 Å². The number of ether oxygens (including phenoxy) is 4. The van der Waals surface area contributed by atoms with Gasteiger partial charge in [0.15, 0.2) is 6.10 Å². The van der Waals surface area contributed by atoms with Crippen LogP contribution in [0.15, 0.2) is 134 Å². The summed E-state index contributed by atoms with van der Waals surface area (Å²) in [7, 11) is 5.95. The molecular formula is C70H116NO8+. The maximum Gasteiger partial charge on any atom is 0.361 e. The van der Waals surface area contributed by atoms with E-state index in [2.05, 4.69) is 148 Å². The molecule has 0 aromatic heterocycles. The molecule has 0 amide bonds. The van der Waals surface area contributed by atoms with Crippen LogP contribution in [0.2, 0.25) is 0 Å². The number of carbonyl (C=O) groups excluding carboxylic acids is 2. The molecule has 0 aromatic carbocycles. The van der Waals surface area contributed by atoms with Crippen LogP contribution in [0.1, 0.15) is 232 Å². The summed E-state index contributed by atoms with van der Waals surface area (Å²) in [6.07, 6.45) is 82.6. The van der Waals surface area contributed by atoms with Crippen LogP contribution in [-0.2, 0) is 33.3 Å². The average Bonchev–Trinajstić information content (AvgIpc) is 3.42. The van der Waals surface area contributed by atoms with E-state index >= 15 is 0 Å². The molecule has 1 N–H and O–H groups in total. The molecular weight excluding hydrogens is 983 g/mol. The SMILES string of the molecule is CC/C=C\C/C=C\C/C=C\C/C=C\C/C=C\C/C=C\C/C=C\CCCCCC(=O)OC(COC(=O)CCCCCCCCCCCCCCCCCC/C=C\C/C=C\C/C=C\C/C=C\CC)COC(OCC[N+](C)(C)C)C(=O)O. The lowest BCUT2D eigenvalue weighted by Crippen LogP contribution is -2.40. The van der Waals surface area contributed by atoms with Gasteiger partial charge in [0, 0.05) is 12.8 Å². The Labute approximate surface area is 484 Å². The number of rotatable bonds is 56. The predicted molar refractivity (Wildman–Crippen MR) is 336 cm³/mol. The van der Waals surface area contributed by atoms with E-state index in [-0.39, 0.29) is 38.6 Å². The van der Waals surface area contributed by atoms with Crippen LogP contribution in [0, 0.1) is 0 Å². The van der Waals surface area contributed by atoms with E-state index in [0.717, 1.165) is 109 Å². The zero-order chi connectivity index (χ0) is 57.6. The zero-order valence-electron chi connectivity index (χ0n) is 51.0. The van der Waals surface area contributed by atoms with Gasteiger partial charge < -0.3 is 28.5 Å². The standard InChI is InChI=1S/C70H115NO8/c1-6-8-10-12-14-16-18-20-22-24-26-28-30-32-33-34-35-37-38-40-42-44-46-48-50-52-54-56-58-60-67(72)77-64-66(65-78-70(69(74)75)76-63-62-71(3,4)5)79-68(73)61-59-57-55-53-51-49-47-45-43-41-39-36-31-29-27-25-23-21-19-17-15-13-11-9-7-2/h8-11,14-17,20-23,26-29,36,39,43,45,49,51,66,70H,6-7,12-13,18-19,24-25,30-35,37-38,40-42,44,46-48,50,52-65H2,1-5H3/p+1/b10-8-,11-9-,16-14-,17-15-,22-20-,23-21-,28-26-,29-27-,39-36-,45-43-,51-49-. The lowest BCUT2D eigenvalue weighted by atomic mass is 10.0. The Hall–Kier alpha value is -4.57. The van der Waals surface area contributed by atoms with Gasteiger partial charge in [-0.2, -0.15) is 0 Å². The molecule has 0 heterocycles. The van der Waals surface area contributed by atoms with Crippen LogP contribution < -0.4 is 0 Å². The van der Waals surface area contributed by atoms with E-state index < -0.39 is 24.3 Å². The van der Waals surface area contributed by atoms with Crippen molar-refractivity contribution in [2.45, 2.75) is 245 Å². The Balaban J connectivity index is 4.26. The van der Waals surface area contributed by atoms with E-state index in [9.17, 15) is 19.5 Å². The first kappa shape index (κ1) is 74.4. The van der Waals surface area contributed by atoms with Gasteiger partial charge in [0.2, 0.25) is 0 Å². The second-order valence-corrected chi connectivity index (χ2v) is 21.6. The van der Waals surface area contributed by atoms with Crippen molar-refractivity contribution in [3.05, 3.63) is 134 Å². The third kappa shape index (κ3) is 60.9. The van der Waals surface area contributed by atoms with Crippen LogP contribution in [0.3, 0.4) is 0 Å². The Morgan fingerprint density at radius 2 is 0.684 bits per heavy atom. The summed E-state index contributed by atoms with van der Waals surface area (Å²) in [6, 6.07) is 0. The number of likely N-dealkylation sites (N-methyl/N-ethyl adjacent to an activating group) is 1. The third-order valence-electron chi connectivity index (χ3n) is 12.9. The van der Waals surface area contributed by atoms with E-state index in [0.29, 0.717) is 17.4 Å². The first-order valence-electron chi connectivity index (χ1n) is 31.3. The smallest absolute Gasteiger partial charge is 0.361 e. The van der Waals surface area contributed by atoms with Crippen molar-refractivity contribution in [1.82, 2.24) is 0 Å². The number of esters is 2.